The molecule has 0 saturated carbocycles. The molecule has 3 N–H and O–H groups in total. The number of aromatic nitrogens is 1. The maximum atomic E-state index is 12.3. The fourth-order valence-electron chi connectivity index (χ4n) is 1.77. The van der Waals surface area contributed by atoms with Crippen molar-refractivity contribution in [3.8, 4) is 0 Å². The Hall–Kier alpha value is -2.01. The van der Waals surface area contributed by atoms with E-state index in [4.69, 9.17) is 0 Å². The minimum absolute atomic E-state index is 0.0976. The molecule has 0 bridgehead atoms. The van der Waals surface area contributed by atoms with Crippen molar-refractivity contribution < 1.29 is 21.9 Å². The zero-order valence-electron chi connectivity index (χ0n) is 13.7. The van der Waals surface area contributed by atoms with Crippen LogP contribution in [-0.4, -0.2) is 39.1 Å². The van der Waals surface area contributed by atoms with Crippen LogP contribution in [-0.2, 0) is 20.0 Å². The molecule has 136 valence electrons. The molecule has 0 aliphatic carbocycles. The molecule has 0 amide bonds. The van der Waals surface area contributed by atoms with E-state index in [1.54, 1.807) is 12.1 Å². The largest absolute Gasteiger partial charge is 0.389 e. The van der Waals surface area contributed by atoms with Gasteiger partial charge in [-0.05, 0) is 50.2 Å². The molecule has 0 atom stereocenters. The molecule has 8 nitrogen and oxygen atoms in total. The highest BCUT2D eigenvalue weighted by Crippen LogP contribution is 2.17. The Kier molecular flexibility index (Phi) is 5.47. The van der Waals surface area contributed by atoms with Crippen molar-refractivity contribution in [2.45, 2.75) is 29.2 Å². The number of pyridine rings is 1. The topological polar surface area (TPSA) is 125 Å². The van der Waals surface area contributed by atoms with Gasteiger partial charge >= 0.3 is 0 Å². The van der Waals surface area contributed by atoms with Gasteiger partial charge < -0.3 is 5.11 Å². The van der Waals surface area contributed by atoms with E-state index in [-0.39, 0.29) is 22.2 Å². The van der Waals surface area contributed by atoms with Crippen LogP contribution in [0.5, 0.6) is 0 Å². The SMILES string of the molecule is CC(C)(O)CNS(=O)(=O)c1ccc(S(=O)(=O)Nc2ccccn2)cc1. The summed E-state index contributed by atoms with van der Waals surface area (Å²) in [7, 11) is -7.73. The molecule has 0 aliphatic heterocycles. The second kappa shape index (κ2) is 7.08. The molecule has 0 radical (unpaired) electrons. The van der Waals surface area contributed by atoms with Gasteiger partial charge in [0.15, 0.2) is 0 Å². The third kappa shape index (κ3) is 5.49. The lowest BCUT2D eigenvalue weighted by molar-refractivity contribution is 0.0857. The Morgan fingerprint density at radius 3 is 2.00 bits per heavy atom. The molecule has 0 aliphatic rings. The highest BCUT2D eigenvalue weighted by molar-refractivity contribution is 7.92. The number of benzene rings is 1. The highest BCUT2D eigenvalue weighted by Gasteiger charge is 2.21. The van der Waals surface area contributed by atoms with E-state index >= 15 is 0 Å². The van der Waals surface area contributed by atoms with Gasteiger partial charge in [0.1, 0.15) is 5.82 Å². The fourth-order valence-corrected chi connectivity index (χ4v) is 3.99. The number of anilines is 1. The lowest BCUT2D eigenvalue weighted by Gasteiger charge is -2.17. The first kappa shape index (κ1) is 19.3. The van der Waals surface area contributed by atoms with Crippen molar-refractivity contribution in [2.75, 3.05) is 11.3 Å². The van der Waals surface area contributed by atoms with Crippen LogP contribution in [0.1, 0.15) is 13.8 Å². The lowest BCUT2D eigenvalue weighted by atomic mass is 10.1. The fraction of sp³-hybridized carbons (Fsp3) is 0.267. The smallest absolute Gasteiger partial charge is 0.263 e. The number of aliphatic hydroxyl groups is 1. The first-order valence-corrected chi connectivity index (χ1v) is 10.2. The van der Waals surface area contributed by atoms with Crippen molar-refractivity contribution in [3.05, 3.63) is 48.7 Å². The number of sulfonamides is 2. The molecule has 2 aromatic rings. The Labute approximate surface area is 147 Å². The maximum absolute atomic E-state index is 12.3. The summed E-state index contributed by atoms with van der Waals surface area (Å²) in [6, 6.07) is 9.51. The van der Waals surface area contributed by atoms with Crippen molar-refractivity contribution in [1.29, 1.82) is 0 Å². The van der Waals surface area contributed by atoms with Crippen LogP contribution in [0.3, 0.4) is 0 Å². The molecule has 0 spiro atoms. The average molecular weight is 385 g/mol. The molecule has 0 fully saturated rings. The Morgan fingerprint density at radius 2 is 1.52 bits per heavy atom. The molecule has 25 heavy (non-hydrogen) atoms. The van der Waals surface area contributed by atoms with Gasteiger partial charge in [-0.25, -0.2) is 26.5 Å². The van der Waals surface area contributed by atoms with Crippen molar-refractivity contribution >= 4 is 25.9 Å². The van der Waals surface area contributed by atoms with Crippen molar-refractivity contribution in [2.24, 2.45) is 0 Å². The summed E-state index contributed by atoms with van der Waals surface area (Å²) >= 11 is 0. The second-order valence-corrected chi connectivity index (χ2v) is 9.38. The third-order valence-electron chi connectivity index (χ3n) is 3.04. The summed E-state index contributed by atoms with van der Waals surface area (Å²) < 4.78 is 53.4. The summed E-state index contributed by atoms with van der Waals surface area (Å²) in [5.41, 5.74) is -1.21. The summed E-state index contributed by atoms with van der Waals surface area (Å²) in [5.74, 6) is 0.158. The molecule has 1 aromatic heterocycles. The molecule has 1 aromatic carbocycles. The maximum Gasteiger partial charge on any atom is 0.263 e. The van der Waals surface area contributed by atoms with E-state index in [1.807, 2.05) is 0 Å². The van der Waals surface area contributed by atoms with Crippen molar-refractivity contribution in [1.82, 2.24) is 9.71 Å². The van der Waals surface area contributed by atoms with Gasteiger partial charge in [0.25, 0.3) is 10.0 Å². The number of hydrogen-bond donors (Lipinski definition) is 3. The van der Waals surface area contributed by atoms with Crippen LogP contribution in [0.2, 0.25) is 0 Å². The predicted octanol–water partition coefficient (Wildman–Crippen LogP) is 0.932. The number of rotatable bonds is 7. The predicted molar refractivity (Wildman–Crippen MR) is 93.0 cm³/mol. The molecular weight excluding hydrogens is 366 g/mol. The third-order valence-corrected chi connectivity index (χ3v) is 5.83. The van der Waals surface area contributed by atoms with Gasteiger partial charge in [0.05, 0.1) is 15.4 Å². The molecular formula is C15H19N3O5S2. The second-order valence-electron chi connectivity index (χ2n) is 5.93. The molecule has 0 unspecified atom stereocenters. The minimum atomic E-state index is -3.88. The average Bonchev–Trinajstić information content (AvgIpc) is 2.53. The number of hydrogen-bond acceptors (Lipinski definition) is 6. The van der Waals surface area contributed by atoms with E-state index in [1.165, 1.54) is 50.4 Å². The Balaban J connectivity index is 2.19. The van der Waals surface area contributed by atoms with Gasteiger partial charge in [0.2, 0.25) is 10.0 Å². The van der Waals surface area contributed by atoms with Gasteiger partial charge in [-0.1, -0.05) is 6.07 Å². The Morgan fingerprint density at radius 1 is 0.960 bits per heavy atom. The zero-order valence-corrected chi connectivity index (χ0v) is 15.3. The van der Waals surface area contributed by atoms with E-state index in [0.717, 1.165) is 0 Å². The number of nitrogens with one attached hydrogen (secondary N) is 2. The molecule has 0 saturated heterocycles. The van der Waals surface area contributed by atoms with Crippen LogP contribution in [0, 0.1) is 0 Å². The van der Waals surface area contributed by atoms with Crippen LogP contribution in [0.15, 0.2) is 58.5 Å². The molecule has 1 heterocycles. The van der Waals surface area contributed by atoms with Gasteiger partial charge in [-0.3, -0.25) is 4.72 Å². The summed E-state index contributed by atoms with van der Waals surface area (Å²) in [5, 5.41) is 9.60. The van der Waals surface area contributed by atoms with E-state index in [2.05, 4.69) is 14.4 Å². The zero-order chi connectivity index (χ0) is 18.7. The monoisotopic (exact) mass is 385 g/mol. The number of nitrogens with zero attached hydrogens (tertiary/aromatic N) is 1. The lowest BCUT2D eigenvalue weighted by Crippen LogP contribution is -2.38. The van der Waals surface area contributed by atoms with Gasteiger partial charge in [-0.2, -0.15) is 0 Å². The van der Waals surface area contributed by atoms with E-state index in [0.29, 0.717) is 0 Å². The first-order valence-electron chi connectivity index (χ1n) is 7.26. The highest BCUT2D eigenvalue weighted by atomic mass is 32.2. The summed E-state index contributed by atoms with van der Waals surface area (Å²) in [6.07, 6.45) is 1.45. The van der Waals surface area contributed by atoms with Gasteiger partial charge in [0, 0.05) is 12.7 Å². The Bertz CT molecular complexity index is 919. The first-order chi connectivity index (χ1) is 11.5. The van der Waals surface area contributed by atoms with Crippen molar-refractivity contribution in [3.63, 3.8) is 0 Å². The van der Waals surface area contributed by atoms with E-state index < -0.39 is 25.6 Å². The normalized spacial score (nSPS) is 12.8. The minimum Gasteiger partial charge on any atom is -0.389 e. The van der Waals surface area contributed by atoms with Crippen LogP contribution in [0.25, 0.3) is 0 Å². The van der Waals surface area contributed by atoms with Crippen LogP contribution in [0.4, 0.5) is 5.82 Å². The standard InChI is InChI=1S/C15H19N3O5S2/c1-15(2,19)11-17-24(20,21)12-6-8-13(9-7-12)25(22,23)18-14-5-3-4-10-16-14/h3-10,17,19H,11H2,1-2H3,(H,16,18). The molecule has 10 heteroatoms. The quantitative estimate of drug-likeness (QED) is 0.651. The van der Waals surface area contributed by atoms with Crippen LogP contribution < -0.4 is 9.44 Å². The van der Waals surface area contributed by atoms with E-state index in [9.17, 15) is 21.9 Å². The van der Waals surface area contributed by atoms with Crippen LogP contribution >= 0.6 is 0 Å². The molecule has 2 rings (SSSR count). The summed E-state index contributed by atoms with van der Waals surface area (Å²) in [4.78, 5) is 3.67. The summed E-state index contributed by atoms with van der Waals surface area (Å²) in [6.45, 7) is 2.76. The van der Waals surface area contributed by atoms with Gasteiger partial charge in [-0.15, -0.1) is 0 Å².